The van der Waals surface area contributed by atoms with Gasteiger partial charge in [0.25, 0.3) is 7.82 Å². The molecule has 0 heterocycles. The van der Waals surface area contributed by atoms with Crippen molar-refractivity contribution in [3.8, 4) is 0 Å². The van der Waals surface area contributed by atoms with Crippen LogP contribution < -0.4 is 4.89 Å². The molecule has 0 N–H and O–H groups in total. The average molecular weight is 720 g/mol. The number of esters is 1. The first-order valence-electron chi connectivity index (χ1n) is 20.8. The van der Waals surface area contributed by atoms with Crippen molar-refractivity contribution >= 4 is 13.8 Å². The van der Waals surface area contributed by atoms with Crippen LogP contribution in [0.25, 0.3) is 0 Å². The molecule has 0 aromatic rings. The van der Waals surface area contributed by atoms with E-state index in [1.807, 2.05) is 21.1 Å². The highest BCUT2D eigenvalue weighted by Gasteiger charge is 2.20. The highest BCUT2D eigenvalue weighted by molar-refractivity contribution is 7.45. The molecule has 0 spiro atoms. The summed E-state index contributed by atoms with van der Waals surface area (Å²) in [6, 6.07) is 0. The summed E-state index contributed by atoms with van der Waals surface area (Å²) >= 11 is 0. The van der Waals surface area contributed by atoms with Gasteiger partial charge in [0.05, 0.1) is 34.4 Å². The van der Waals surface area contributed by atoms with Gasteiger partial charge in [-0.05, 0) is 12.8 Å². The van der Waals surface area contributed by atoms with Gasteiger partial charge in [0.2, 0.25) is 0 Å². The molecule has 0 bridgehead atoms. The Bertz CT molecular complexity index is 761. The molecule has 0 radical (unpaired) electrons. The molecular weight excluding hydrogens is 637 g/mol. The van der Waals surface area contributed by atoms with Crippen molar-refractivity contribution in [2.45, 2.75) is 200 Å². The Morgan fingerprint density at radius 1 is 0.551 bits per heavy atom. The average Bonchev–Trinajstić information content (AvgIpc) is 3.04. The molecule has 49 heavy (non-hydrogen) atoms. The zero-order chi connectivity index (χ0) is 36.3. The first kappa shape index (κ1) is 48.5. The summed E-state index contributed by atoms with van der Waals surface area (Å²) in [6.45, 7) is 5.33. The van der Waals surface area contributed by atoms with E-state index < -0.39 is 13.9 Å². The maximum Gasteiger partial charge on any atom is 0.306 e. The molecule has 0 aliphatic heterocycles. The third-order valence-electron chi connectivity index (χ3n) is 9.16. The number of rotatable bonds is 39. The molecule has 0 aromatic heterocycles. The number of carbonyl (C=O) groups excluding carboxylic acids is 1. The van der Waals surface area contributed by atoms with Gasteiger partial charge in [0.1, 0.15) is 19.3 Å². The molecular formula is C40H82NO7P. The molecule has 8 nitrogen and oxygen atoms in total. The second kappa shape index (κ2) is 34.6. The monoisotopic (exact) mass is 720 g/mol. The minimum absolute atomic E-state index is 0.0300. The lowest BCUT2D eigenvalue weighted by Gasteiger charge is -2.28. The summed E-state index contributed by atoms with van der Waals surface area (Å²) in [5, 5.41) is 0. The number of likely N-dealkylation sites (N-methyl/N-ethyl adjacent to an activating group) is 1. The van der Waals surface area contributed by atoms with Crippen molar-refractivity contribution in [3.63, 3.8) is 0 Å². The summed E-state index contributed by atoms with van der Waals surface area (Å²) in [5.41, 5.74) is 0. The smallest absolute Gasteiger partial charge is 0.306 e. The van der Waals surface area contributed by atoms with Crippen molar-refractivity contribution in [3.05, 3.63) is 0 Å². The Labute approximate surface area is 304 Å². The van der Waals surface area contributed by atoms with Crippen LogP contribution in [-0.2, 0) is 27.9 Å². The van der Waals surface area contributed by atoms with E-state index in [-0.39, 0.29) is 25.8 Å². The Morgan fingerprint density at radius 2 is 0.939 bits per heavy atom. The topological polar surface area (TPSA) is 94.1 Å². The van der Waals surface area contributed by atoms with Gasteiger partial charge in [-0.2, -0.15) is 0 Å². The first-order valence-corrected chi connectivity index (χ1v) is 22.2. The molecule has 0 saturated heterocycles. The van der Waals surface area contributed by atoms with Gasteiger partial charge >= 0.3 is 5.97 Å². The summed E-state index contributed by atoms with van der Waals surface area (Å²) < 4.78 is 34.2. The quantitative estimate of drug-likeness (QED) is 0.0270. The van der Waals surface area contributed by atoms with Gasteiger partial charge in [0.15, 0.2) is 0 Å². The van der Waals surface area contributed by atoms with Gasteiger partial charge in [-0.1, -0.05) is 174 Å². The molecule has 0 saturated carbocycles. The molecule has 9 heteroatoms. The van der Waals surface area contributed by atoms with Crippen molar-refractivity contribution in [2.75, 3.05) is 54.1 Å². The van der Waals surface area contributed by atoms with Crippen LogP contribution in [0.4, 0.5) is 0 Å². The molecule has 0 aromatic carbocycles. The van der Waals surface area contributed by atoms with E-state index in [4.69, 9.17) is 18.5 Å². The van der Waals surface area contributed by atoms with Gasteiger partial charge in [-0.25, -0.2) is 0 Å². The number of unbranched alkanes of at least 4 members (excludes halogenated alkanes) is 25. The molecule has 0 aliphatic carbocycles. The lowest BCUT2D eigenvalue weighted by Crippen LogP contribution is -2.37. The van der Waals surface area contributed by atoms with Crippen molar-refractivity contribution in [2.24, 2.45) is 0 Å². The normalized spacial score (nSPS) is 13.8. The number of phosphoric ester groups is 1. The molecule has 0 aliphatic rings. The van der Waals surface area contributed by atoms with E-state index in [0.717, 1.165) is 38.5 Å². The van der Waals surface area contributed by atoms with Crippen LogP contribution in [0.15, 0.2) is 0 Å². The van der Waals surface area contributed by atoms with Crippen LogP contribution in [0.3, 0.4) is 0 Å². The van der Waals surface area contributed by atoms with Crippen molar-refractivity contribution in [1.82, 2.24) is 0 Å². The first-order chi connectivity index (χ1) is 23.6. The van der Waals surface area contributed by atoms with Crippen LogP contribution >= 0.6 is 7.82 Å². The van der Waals surface area contributed by atoms with Crippen LogP contribution in [0.2, 0.25) is 0 Å². The molecule has 294 valence electrons. The predicted molar refractivity (Wildman–Crippen MR) is 204 cm³/mol. The minimum atomic E-state index is -4.50. The van der Waals surface area contributed by atoms with E-state index in [1.165, 1.54) is 135 Å². The highest BCUT2D eigenvalue weighted by atomic mass is 31.2. The lowest BCUT2D eigenvalue weighted by atomic mass is 10.0. The third-order valence-corrected chi connectivity index (χ3v) is 10.1. The number of hydrogen-bond donors (Lipinski definition) is 0. The number of ether oxygens (including phenoxy) is 2. The number of carbonyl (C=O) groups is 1. The number of nitrogens with zero attached hydrogens (tertiary/aromatic N) is 1. The van der Waals surface area contributed by atoms with Crippen LogP contribution in [0.1, 0.15) is 194 Å². The van der Waals surface area contributed by atoms with Crippen molar-refractivity contribution < 1.29 is 37.3 Å². The van der Waals surface area contributed by atoms with Gasteiger partial charge in [-0.15, -0.1) is 0 Å². The minimum Gasteiger partial charge on any atom is -0.756 e. The third kappa shape index (κ3) is 38.6. The summed E-state index contributed by atoms with van der Waals surface area (Å²) in [6.07, 6.45) is 34.7. The summed E-state index contributed by atoms with van der Waals surface area (Å²) in [5.74, 6) is -0.348. The number of phosphoric acid groups is 1. The van der Waals surface area contributed by atoms with E-state index in [2.05, 4.69) is 13.8 Å². The summed E-state index contributed by atoms with van der Waals surface area (Å²) in [4.78, 5) is 24.6. The maximum absolute atomic E-state index is 12.4. The largest absolute Gasteiger partial charge is 0.756 e. The van der Waals surface area contributed by atoms with E-state index >= 15 is 0 Å². The fourth-order valence-corrected chi connectivity index (χ4v) is 6.63. The molecule has 0 fully saturated rings. The second-order valence-corrected chi connectivity index (χ2v) is 16.8. The van der Waals surface area contributed by atoms with Gasteiger partial charge < -0.3 is 27.9 Å². The van der Waals surface area contributed by atoms with Gasteiger partial charge in [-0.3, -0.25) is 9.36 Å². The molecule has 2 atom stereocenters. The highest BCUT2D eigenvalue weighted by Crippen LogP contribution is 2.38. The van der Waals surface area contributed by atoms with E-state index in [9.17, 15) is 14.3 Å². The molecule has 0 amide bonds. The zero-order valence-corrected chi connectivity index (χ0v) is 34.1. The molecule has 2 unspecified atom stereocenters. The van der Waals surface area contributed by atoms with Crippen molar-refractivity contribution in [1.29, 1.82) is 0 Å². The number of hydrogen-bond acceptors (Lipinski definition) is 7. The van der Waals surface area contributed by atoms with E-state index in [0.29, 0.717) is 24.1 Å². The predicted octanol–water partition coefficient (Wildman–Crippen LogP) is 11.1. The second-order valence-electron chi connectivity index (χ2n) is 15.4. The van der Waals surface area contributed by atoms with Crippen LogP contribution in [0.5, 0.6) is 0 Å². The Balaban J connectivity index is 3.83. The maximum atomic E-state index is 12.4. The lowest BCUT2D eigenvalue weighted by molar-refractivity contribution is -0.870. The SMILES string of the molecule is CCCCCCCCCCCCCCCCCCCCCCCCCOCC(COP(=O)([O-])OCC[N+](C)(C)C)OC(=O)CCCCCC. The Kier molecular flexibility index (Phi) is 34.2. The van der Waals surface area contributed by atoms with E-state index in [1.54, 1.807) is 0 Å². The number of quaternary nitrogens is 1. The Morgan fingerprint density at radius 3 is 1.35 bits per heavy atom. The standard InChI is InChI=1S/C40H82NO7P/c1-6-8-10-12-13-14-15-16-17-18-19-20-21-22-23-24-25-26-27-28-29-30-32-35-45-37-39(48-40(42)33-31-11-9-7-2)38-47-49(43,44)46-36-34-41(3,4)5/h39H,6-38H2,1-5H3. The van der Waals surface area contributed by atoms with Crippen LogP contribution in [0, 0.1) is 0 Å². The van der Waals surface area contributed by atoms with Gasteiger partial charge in [0, 0.05) is 13.0 Å². The fraction of sp³-hybridized carbons (Fsp3) is 0.975. The Hall–Kier alpha value is -0.500. The van der Waals surface area contributed by atoms with Crippen LogP contribution in [-0.4, -0.2) is 70.7 Å². The summed E-state index contributed by atoms with van der Waals surface area (Å²) in [7, 11) is 1.37. The molecule has 0 rings (SSSR count). The fourth-order valence-electron chi connectivity index (χ4n) is 5.90. The zero-order valence-electron chi connectivity index (χ0n) is 33.2.